The van der Waals surface area contributed by atoms with E-state index in [0.717, 1.165) is 26.7 Å². The Hall–Kier alpha value is -1.73. The minimum atomic E-state index is -3.68. The van der Waals surface area contributed by atoms with Gasteiger partial charge in [0.05, 0.1) is 10.6 Å². The number of sulfonamides is 1. The molecule has 4 nitrogen and oxygen atoms in total. The lowest BCUT2D eigenvalue weighted by Gasteiger charge is -2.00. The Morgan fingerprint density at radius 3 is 2.13 bits per heavy atom. The van der Waals surface area contributed by atoms with Crippen LogP contribution in [0.2, 0.25) is 5.02 Å². The quantitative estimate of drug-likeness (QED) is 0.760. The minimum absolute atomic E-state index is 0.0902. The van der Waals surface area contributed by atoms with Gasteiger partial charge in [0.15, 0.2) is 0 Å². The van der Waals surface area contributed by atoms with E-state index in [2.05, 4.69) is 4.98 Å². The molecule has 0 unspecified atom stereocenters. The molecule has 118 valence electrons. The maximum absolute atomic E-state index is 11.3. The number of benzene rings is 2. The lowest BCUT2D eigenvalue weighted by molar-refractivity contribution is 0.598. The molecule has 0 aliphatic carbocycles. The van der Waals surface area contributed by atoms with Crippen molar-refractivity contribution in [3.8, 4) is 21.8 Å². The number of halogens is 1. The van der Waals surface area contributed by atoms with Gasteiger partial charge in [-0.05, 0) is 31.2 Å². The molecule has 7 heteroatoms. The predicted molar refractivity (Wildman–Crippen MR) is 94.1 cm³/mol. The molecule has 0 bridgehead atoms. The zero-order valence-electron chi connectivity index (χ0n) is 12.2. The summed E-state index contributed by atoms with van der Waals surface area (Å²) in [5.74, 6) is 0. The van der Waals surface area contributed by atoms with Crippen molar-refractivity contribution in [2.75, 3.05) is 0 Å². The number of thiazole rings is 1. The summed E-state index contributed by atoms with van der Waals surface area (Å²) in [5.41, 5.74) is 2.75. The lowest BCUT2D eigenvalue weighted by atomic mass is 10.1. The maximum atomic E-state index is 11.3. The number of aryl methyl sites for hydroxylation is 1. The molecule has 0 aliphatic heterocycles. The van der Waals surface area contributed by atoms with Gasteiger partial charge in [0, 0.05) is 21.0 Å². The fourth-order valence-corrected chi connectivity index (χ4v) is 3.77. The van der Waals surface area contributed by atoms with Crippen molar-refractivity contribution in [1.29, 1.82) is 0 Å². The molecule has 23 heavy (non-hydrogen) atoms. The summed E-state index contributed by atoms with van der Waals surface area (Å²) in [4.78, 5) is 5.84. The highest BCUT2D eigenvalue weighted by molar-refractivity contribution is 7.89. The molecule has 0 spiro atoms. The SMILES string of the molecule is Cc1sc(-c2ccc(S(N)(=O)=O)cc2)nc1-c1ccc(Cl)cc1. The third kappa shape index (κ3) is 3.45. The van der Waals surface area contributed by atoms with Crippen molar-refractivity contribution in [2.24, 2.45) is 5.14 Å². The second-order valence-corrected chi connectivity index (χ2v) is 8.20. The van der Waals surface area contributed by atoms with Crippen LogP contribution in [0.1, 0.15) is 4.88 Å². The molecule has 3 rings (SSSR count). The van der Waals surface area contributed by atoms with Crippen molar-refractivity contribution in [2.45, 2.75) is 11.8 Å². The first kappa shape index (κ1) is 16.1. The number of aromatic nitrogens is 1. The van der Waals surface area contributed by atoms with Crippen LogP contribution in [0.5, 0.6) is 0 Å². The zero-order chi connectivity index (χ0) is 16.6. The van der Waals surface area contributed by atoms with Gasteiger partial charge in [0.1, 0.15) is 5.01 Å². The minimum Gasteiger partial charge on any atom is -0.236 e. The van der Waals surface area contributed by atoms with Crippen LogP contribution in [0, 0.1) is 6.92 Å². The average Bonchev–Trinajstić information content (AvgIpc) is 2.89. The number of nitrogens with two attached hydrogens (primary N) is 1. The summed E-state index contributed by atoms with van der Waals surface area (Å²) in [6.07, 6.45) is 0. The Bertz CT molecular complexity index is 947. The van der Waals surface area contributed by atoms with Gasteiger partial charge in [-0.15, -0.1) is 11.3 Å². The number of primary sulfonamides is 1. The molecule has 1 aromatic heterocycles. The van der Waals surface area contributed by atoms with Gasteiger partial charge in [0.25, 0.3) is 0 Å². The summed E-state index contributed by atoms with van der Waals surface area (Å²) >= 11 is 7.47. The van der Waals surface area contributed by atoms with Crippen molar-refractivity contribution < 1.29 is 8.42 Å². The lowest BCUT2D eigenvalue weighted by Crippen LogP contribution is -2.11. The zero-order valence-corrected chi connectivity index (χ0v) is 14.5. The predicted octanol–water partition coefficient (Wildman–Crippen LogP) is 4.09. The Morgan fingerprint density at radius 2 is 1.57 bits per heavy atom. The van der Waals surface area contributed by atoms with E-state index in [1.807, 2.05) is 31.2 Å². The highest BCUT2D eigenvalue weighted by Crippen LogP contribution is 2.33. The smallest absolute Gasteiger partial charge is 0.236 e. The highest BCUT2D eigenvalue weighted by atomic mass is 35.5. The van der Waals surface area contributed by atoms with Gasteiger partial charge in [-0.2, -0.15) is 0 Å². The van der Waals surface area contributed by atoms with Gasteiger partial charge in [-0.25, -0.2) is 18.5 Å². The molecule has 2 N–H and O–H groups in total. The fraction of sp³-hybridized carbons (Fsp3) is 0.0625. The second-order valence-electron chi connectivity index (χ2n) is 5.00. The van der Waals surface area contributed by atoms with Gasteiger partial charge in [-0.1, -0.05) is 35.9 Å². The van der Waals surface area contributed by atoms with E-state index < -0.39 is 10.0 Å². The van der Waals surface area contributed by atoms with E-state index in [0.29, 0.717) is 5.02 Å². The fourth-order valence-electron chi connectivity index (χ4n) is 2.18. The maximum Gasteiger partial charge on any atom is 0.238 e. The molecule has 0 saturated carbocycles. The first-order chi connectivity index (χ1) is 10.8. The molecule has 0 amide bonds. The van der Waals surface area contributed by atoms with Crippen LogP contribution in [-0.2, 0) is 10.0 Å². The van der Waals surface area contributed by atoms with Crippen LogP contribution in [0.3, 0.4) is 0 Å². The topological polar surface area (TPSA) is 73.1 Å². The Balaban J connectivity index is 1.99. The summed E-state index contributed by atoms with van der Waals surface area (Å²) in [6, 6.07) is 13.9. The molecular weight excluding hydrogens is 352 g/mol. The summed E-state index contributed by atoms with van der Waals surface area (Å²) < 4.78 is 22.6. The standard InChI is InChI=1S/C16H13ClN2O2S2/c1-10-15(11-2-6-13(17)7-3-11)19-16(22-10)12-4-8-14(9-5-12)23(18,20)21/h2-9H,1H3,(H2,18,20,21). The van der Waals surface area contributed by atoms with Crippen molar-refractivity contribution in [1.82, 2.24) is 4.98 Å². The summed E-state index contributed by atoms with van der Waals surface area (Å²) in [6.45, 7) is 2.00. The molecule has 0 aliphatic rings. The monoisotopic (exact) mass is 364 g/mol. The molecule has 3 aromatic rings. The van der Waals surface area contributed by atoms with Gasteiger partial charge < -0.3 is 0 Å². The van der Waals surface area contributed by atoms with Crippen LogP contribution < -0.4 is 5.14 Å². The summed E-state index contributed by atoms with van der Waals surface area (Å²) in [7, 11) is -3.68. The first-order valence-electron chi connectivity index (χ1n) is 6.71. The third-order valence-corrected chi connectivity index (χ3v) is 5.55. The van der Waals surface area contributed by atoms with Gasteiger partial charge in [0.2, 0.25) is 10.0 Å². The van der Waals surface area contributed by atoms with E-state index in [-0.39, 0.29) is 4.90 Å². The Kier molecular flexibility index (Phi) is 4.25. The molecule has 0 fully saturated rings. The van der Waals surface area contributed by atoms with E-state index in [1.165, 1.54) is 12.1 Å². The van der Waals surface area contributed by atoms with Crippen LogP contribution in [0.4, 0.5) is 0 Å². The van der Waals surface area contributed by atoms with Crippen molar-refractivity contribution in [3.63, 3.8) is 0 Å². The first-order valence-corrected chi connectivity index (χ1v) is 9.45. The van der Waals surface area contributed by atoms with E-state index in [4.69, 9.17) is 16.7 Å². The van der Waals surface area contributed by atoms with Crippen LogP contribution in [-0.4, -0.2) is 13.4 Å². The van der Waals surface area contributed by atoms with Crippen molar-refractivity contribution >= 4 is 33.0 Å². The highest BCUT2D eigenvalue weighted by Gasteiger charge is 2.13. The Labute approximate surface area is 143 Å². The number of nitrogens with zero attached hydrogens (tertiary/aromatic N) is 1. The molecule has 0 saturated heterocycles. The summed E-state index contributed by atoms with van der Waals surface area (Å²) in [5, 5.41) is 6.62. The number of hydrogen-bond acceptors (Lipinski definition) is 4. The van der Waals surface area contributed by atoms with E-state index in [1.54, 1.807) is 23.5 Å². The number of hydrogen-bond donors (Lipinski definition) is 1. The van der Waals surface area contributed by atoms with E-state index >= 15 is 0 Å². The largest absolute Gasteiger partial charge is 0.238 e. The van der Waals surface area contributed by atoms with Gasteiger partial charge >= 0.3 is 0 Å². The Morgan fingerprint density at radius 1 is 1.00 bits per heavy atom. The van der Waals surface area contributed by atoms with Crippen LogP contribution in [0.25, 0.3) is 21.8 Å². The van der Waals surface area contributed by atoms with E-state index in [9.17, 15) is 8.42 Å². The average molecular weight is 365 g/mol. The normalized spacial score (nSPS) is 11.6. The van der Waals surface area contributed by atoms with Gasteiger partial charge in [-0.3, -0.25) is 0 Å². The van der Waals surface area contributed by atoms with Crippen LogP contribution in [0.15, 0.2) is 53.4 Å². The molecule has 0 radical (unpaired) electrons. The molecular formula is C16H13ClN2O2S2. The third-order valence-electron chi connectivity index (χ3n) is 3.34. The second kappa shape index (κ2) is 6.05. The molecule has 2 aromatic carbocycles. The molecule has 0 atom stereocenters. The number of rotatable bonds is 3. The molecule has 1 heterocycles. The van der Waals surface area contributed by atoms with Crippen molar-refractivity contribution in [3.05, 3.63) is 58.4 Å². The van der Waals surface area contributed by atoms with Crippen LogP contribution >= 0.6 is 22.9 Å².